The van der Waals surface area contributed by atoms with Crippen LogP contribution in [-0.4, -0.2) is 74.5 Å². The minimum absolute atomic E-state index is 0.153. The zero-order chi connectivity index (χ0) is 27.7. The number of hydrogen-bond donors (Lipinski definition) is 3. The largest absolute Gasteiger partial charge is 0.497 e. The molecule has 0 bridgehead atoms. The summed E-state index contributed by atoms with van der Waals surface area (Å²) in [6.07, 6.45) is 0.221. The summed E-state index contributed by atoms with van der Waals surface area (Å²) in [5, 5.41) is 8.24. The van der Waals surface area contributed by atoms with Gasteiger partial charge in [-0.05, 0) is 42.2 Å². The van der Waals surface area contributed by atoms with E-state index < -0.39 is 29.8 Å². The molecule has 0 fully saturated rings. The Morgan fingerprint density at radius 3 is 2.50 bits per heavy atom. The summed E-state index contributed by atoms with van der Waals surface area (Å²) in [5.74, 6) is -0.932. The van der Waals surface area contributed by atoms with Crippen molar-refractivity contribution in [1.29, 1.82) is 0 Å². The fraction of sp³-hybridized carbons (Fsp3) is 0.429. The summed E-state index contributed by atoms with van der Waals surface area (Å²) in [6.45, 7) is 4.39. The SMILES string of the molecule is COc1ccc(CCNC(=O)[C@@H]2CC(=O)N[C@H](C(C)C)C(=O)N(C)CCOc3ccccc3C(=O)N2)cc1. The highest BCUT2D eigenvalue weighted by molar-refractivity contribution is 6.01. The second-order valence-corrected chi connectivity index (χ2v) is 9.51. The van der Waals surface area contributed by atoms with Gasteiger partial charge in [0.25, 0.3) is 5.91 Å². The van der Waals surface area contributed by atoms with Crippen molar-refractivity contribution in [2.75, 3.05) is 33.9 Å². The second-order valence-electron chi connectivity index (χ2n) is 9.51. The van der Waals surface area contributed by atoms with E-state index in [9.17, 15) is 19.2 Å². The zero-order valence-corrected chi connectivity index (χ0v) is 22.3. The molecular weight excluding hydrogens is 488 g/mol. The van der Waals surface area contributed by atoms with Crippen molar-refractivity contribution < 1.29 is 28.7 Å². The quantitative estimate of drug-likeness (QED) is 0.526. The van der Waals surface area contributed by atoms with Crippen LogP contribution in [0.1, 0.15) is 36.2 Å². The van der Waals surface area contributed by atoms with Gasteiger partial charge in [0.1, 0.15) is 30.2 Å². The number of ether oxygens (including phenoxy) is 2. The summed E-state index contributed by atoms with van der Waals surface area (Å²) in [5.41, 5.74) is 1.22. The lowest BCUT2D eigenvalue weighted by atomic mass is 10.0. The third kappa shape index (κ3) is 7.71. The minimum Gasteiger partial charge on any atom is -0.497 e. The molecule has 0 saturated heterocycles. The number of nitrogens with zero attached hydrogens (tertiary/aromatic N) is 1. The van der Waals surface area contributed by atoms with E-state index >= 15 is 0 Å². The molecule has 10 nitrogen and oxygen atoms in total. The van der Waals surface area contributed by atoms with Crippen LogP contribution >= 0.6 is 0 Å². The number of hydrogen-bond acceptors (Lipinski definition) is 6. The van der Waals surface area contributed by atoms with Gasteiger partial charge in [0, 0.05) is 13.6 Å². The Balaban J connectivity index is 1.79. The number of fused-ring (bicyclic) bond motifs is 1. The van der Waals surface area contributed by atoms with Crippen molar-refractivity contribution in [3.8, 4) is 11.5 Å². The molecule has 2 aromatic carbocycles. The van der Waals surface area contributed by atoms with Gasteiger partial charge < -0.3 is 30.3 Å². The first kappa shape index (κ1) is 28.5. The van der Waals surface area contributed by atoms with Gasteiger partial charge in [-0.2, -0.15) is 0 Å². The third-order valence-corrected chi connectivity index (χ3v) is 6.32. The molecule has 0 saturated carbocycles. The van der Waals surface area contributed by atoms with Gasteiger partial charge >= 0.3 is 0 Å². The van der Waals surface area contributed by atoms with Crippen LogP contribution in [-0.2, 0) is 20.8 Å². The molecule has 1 aliphatic rings. The number of carbonyl (C=O) groups excluding carboxylic acids is 4. The first-order valence-electron chi connectivity index (χ1n) is 12.7. The van der Waals surface area contributed by atoms with E-state index in [-0.39, 0.29) is 37.0 Å². The van der Waals surface area contributed by atoms with Crippen molar-refractivity contribution in [3.05, 3.63) is 59.7 Å². The van der Waals surface area contributed by atoms with Crippen LogP contribution in [0.15, 0.2) is 48.5 Å². The zero-order valence-electron chi connectivity index (χ0n) is 22.3. The first-order valence-corrected chi connectivity index (χ1v) is 12.7. The predicted octanol–water partition coefficient (Wildman–Crippen LogP) is 1.53. The van der Waals surface area contributed by atoms with Crippen LogP contribution in [0.2, 0.25) is 0 Å². The Kier molecular flexibility index (Phi) is 10.1. The van der Waals surface area contributed by atoms with Gasteiger partial charge in [-0.15, -0.1) is 0 Å². The molecule has 0 spiro atoms. The standard InChI is InChI=1S/C28H36N4O6/c1-18(2)25-28(36)32(3)15-16-38-23-8-6-5-7-21(23)26(34)30-22(17-24(33)31-25)27(35)29-14-13-19-9-11-20(37-4)12-10-19/h5-12,18,22,25H,13-17H2,1-4H3,(H,29,35)(H,30,34)(H,31,33)/t22-,25+/m0/s1. The highest BCUT2D eigenvalue weighted by Gasteiger charge is 2.31. The van der Waals surface area contributed by atoms with Crippen molar-refractivity contribution in [2.45, 2.75) is 38.8 Å². The van der Waals surface area contributed by atoms with E-state index in [1.807, 2.05) is 38.1 Å². The fourth-order valence-electron chi connectivity index (χ4n) is 4.04. The first-order chi connectivity index (χ1) is 18.2. The molecule has 3 N–H and O–H groups in total. The molecule has 38 heavy (non-hydrogen) atoms. The van der Waals surface area contributed by atoms with E-state index in [1.54, 1.807) is 38.4 Å². The second kappa shape index (κ2) is 13.5. The van der Waals surface area contributed by atoms with Gasteiger partial charge in [0.05, 0.1) is 25.6 Å². The van der Waals surface area contributed by atoms with Gasteiger partial charge in [-0.1, -0.05) is 38.1 Å². The van der Waals surface area contributed by atoms with Crippen molar-refractivity contribution in [2.24, 2.45) is 5.92 Å². The van der Waals surface area contributed by atoms with E-state index in [2.05, 4.69) is 16.0 Å². The van der Waals surface area contributed by atoms with E-state index in [4.69, 9.17) is 9.47 Å². The van der Waals surface area contributed by atoms with Crippen LogP contribution in [0.3, 0.4) is 0 Å². The average Bonchev–Trinajstić information content (AvgIpc) is 2.90. The van der Waals surface area contributed by atoms with Gasteiger partial charge in [-0.25, -0.2) is 0 Å². The van der Waals surface area contributed by atoms with Crippen molar-refractivity contribution >= 4 is 23.6 Å². The fourth-order valence-corrected chi connectivity index (χ4v) is 4.04. The Morgan fingerprint density at radius 1 is 1.11 bits per heavy atom. The molecular formula is C28H36N4O6. The summed E-state index contributed by atoms with van der Waals surface area (Å²) >= 11 is 0. The summed E-state index contributed by atoms with van der Waals surface area (Å²) in [7, 11) is 3.23. The maximum Gasteiger partial charge on any atom is 0.255 e. The topological polar surface area (TPSA) is 126 Å². The number of amides is 4. The number of rotatable bonds is 6. The number of carbonyl (C=O) groups is 4. The number of likely N-dealkylation sites (N-methyl/N-ethyl adjacent to an activating group) is 1. The monoisotopic (exact) mass is 524 g/mol. The lowest BCUT2D eigenvalue weighted by Crippen LogP contribution is -2.54. The summed E-state index contributed by atoms with van der Waals surface area (Å²) in [4.78, 5) is 53.8. The number of para-hydroxylation sites is 1. The molecule has 0 aliphatic carbocycles. The molecule has 2 aromatic rings. The Morgan fingerprint density at radius 2 is 1.82 bits per heavy atom. The smallest absolute Gasteiger partial charge is 0.255 e. The lowest BCUT2D eigenvalue weighted by Gasteiger charge is -2.28. The van der Waals surface area contributed by atoms with Crippen LogP contribution < -0.4 is 25.4 Å². The lowest BCUT2D eigenvalue weighted by molar-refractivity contribution is -0.137. The summed E-state index contributed by atoms with van der Waals surface area (Å²) < 4.78 is 11.0. The molecule has 10 heteroatoms. The maximum absolute atomic E-state index is 13.2. The number of nitrogens with one attached hydrogen (secondary N) is 3. The molecule has 1 heterocycles. The van der Waals surface area contributed by atoms with E-state index in [0.29, 0.717) is 18.7 Å². The average molecular weight is 525 g/mol. The van der Waals surface area contributed by atoms with Gasteiger partial charge in [0.2, 0.25) is 17.7 Å². The predicted molar refractivity (Wildman–Crippen MR) is 142 cm³/mol. The van der Waals surface area contributed by atoms with Crippen LogP contribution in [0.4, 0.5) is 0 Å². The minimum atomic E-state index is -1.16. The molecule has 0 aromatic heterocycles. The van der Waals surface area contributed by atoms with Crippen molar-refractivity contribution in [1.82, 2.24) is 20.9 Å². The summed E-state index contributed by atoms with van der Waals surface area (Å²) in [6, 6.07) is 12.2. The third-order valence-electron chi connectivity index (χ3n) is 6.32. The molecule has 0 unspecified atom stereocenters. The Hall–Kier alpha value is -4.08. The number of benzene rings is 2. The van der Waals surface area contributed by atoms with Gasteiger partial charge in [0.15, 0.2) is 0 Å². The van der Waals surface area contributed by atoms with Gasteiger partial charge in [-0.3, -0.25) is 19.2 Å². The van der Waals surface area contributed by atoms with Crippen LogP contribution in [0.25, 0.3) is 0 Å². The highest BCUT2D eigenvalue weighted by Crippen LogP contribution is 2.19. The molecule has 3 rings (SSSR count). The molecule has 1 aliphatic heterocycles. The maximum atomic E-state index is 13.2. The molecule has 2 atom stereocenters. The van der Waals surface area contributed by atoms with E-state index in [1.165, 1.54) is 4.90 Å². The number of methoxy groups -OCH3 is 1. The van der Waals surface area contributed by atoms with E-state index in [0.717, 1.165) is 11.3 Å². The molecule has 0 radical (unpaired) electrons. The molecule has 204 valence electrons. The highest BCUT2D eigenvalue weighted by atomic mass is 16.5. The normalized spacial score (nSPS) is 19.0. The van der Waals surface area contributed by atoms with Crippen molar-refractivity contribution in [3.63, 3.8) is 0 Å². The Bertz CT molecular complexity index is 1130. The van der Waals surface area contributed by atoms with Crippen LogP contribution in [0.5, 0.6) is 11.5 Å². The van der Waals surface area contributed by atoms with Crippen LogP contribution in [0, 0.1) is 5.92 Å². The Labute approximate surface area is 223 Å². The molecule has 4 amide bonds.